The highest BCUT2D eigenvalue weighted by Gasteiger charge is 2.33. The highest BCUT2D eigenvalue weighted by molar-refractivity contribution is 6.02. The normalized spacial score (nSPS) is 22.1. The molecule has 1 saturated carbocycles. The number of nitrogens with zero attached hydrogens (tertiary/aromatic N) is 9. The zero-order valence-electron chi connectivity index (χ0n) is 34.3. The molecule has 1 atom stereocenters. The van der Waals surface area contributed by atoms with Crippen LogP contribution in [0.4, 0.5) is 14.6 Å². The number of carbonyl (C=O) groups is 3. The summed E-state index contributed by atoms with van der Waals surface area (Å²) in [5.74, 6) is 0.0200. The Labute approximate surface area is 350 Å². The number of para-hydroxylation sites is 1. The van der Waals surface area contributed by atoms with E-state index in [9.17, 15) is 33.1 Å². The number of β-amino-alcohol motifs (C(OH)–C–C–N with tert-alkyl or cyclic N) is 1. The first kappa shape index (κ1) is 41.0. The van der Waals surface area contributed by atoms with Crippen molar-refractivity contribution >= 4 is 40.1 Å². The van der Waals surface area contributed by atoms with Gasteiger partial charge in [-0.1, -0.05) is 12.1 Å². The summed E-state index contributed by atoms with van der Waals surface area (Å²) in [4.78, 5) is 60.1. The van der Waals surface area contributed by atoms with Gasteiger partial charge in [0.05, 0.1) is 41.0 Å². The van der Waals surface area contributed by atoms with Crippen LogP contribution in [0.25, 0.3) is 16.7 Å². The van der Waals surface area contributed by atoms with Crippen molar-refractivity contribution < 1.29 is 33.0 Å². The van der Waals surface area contributed by atoms with Gasteiger partial charge in [0.2, 0.25) is 11.8 Å². The summed E-state index contributed by atoms with van der Waals surface area (Å²) in [6, 6.07) is 6.82. The number of nitrogens with one attached hydrogen (secondary N) is 1. The Bertz CT molecular complexity index is 2490. The van der Waals surface area contributed by atoms with Gasteiger partial charge in [0.1, 0.15) is 17.6 Å². The molecule has 61 heavy (non-hydrogen) atoms. The van der Waals surface area contributed by atoms with Gasteiger partial charge in [-0.25, -0.2) is 23.1 Å². The molecule has 3 saturated heterocycles. The number of carbonyl (C=O) groups excluding carboxylic acids is 3. The number of aliphatic hydroxyl groups excluding tert-OH is 1. The van der Waals surface area contributed by atoms with Gasteiger partial charge in [0.15, 0.2) is 11.4 Å². The summed E-state index contributed by atoms with van der Waals surface area (Å²) >= 11 is 0. The minimum absolute atomic E-state index is 0.00748. The van der Waals surface area contributed by atoms with Crippen LogP contribution in [0.3, 0.4) is 0 Å². The minimum Gasteiger partial charge on any atom is -0.389 e. The predicted molar refractivity (Wildman–Crippen MR) is 220 cm³/mol. The van der Waals surface area contributed by atoms with E-state index in [0.717, 1.165) is 82.1 Å². The lowest BCUT2D eigenvalue weighted by atomic mass is 9.85. The molecule has 0 spiro atoms. The number of amides is 2. The molecule has 1 aromatic carbocycles. The number of Topliss-reactive ketones (excluding diaryl/α,β-unsaturated/α-hetero) is 1. The molecule has 4 aromatic heterocycles. The Hall–Kier alpha value is -5.33. The number of anilines is 1. The number of aliphatic hydroxyl groups is 1. The Morgan fingerprint density at radius 2 is 1.80 bits per heavy atom. The van der Waals surface area contributed by atoms with Crippen molar-refractivity contribution in [2.75, 3.05) is 44.2 Å². The van der Waals surface area contributed by atoms with Crippen molar-refractivity contribution in [3.8, 4) is 0 Å². The van der Waals surface area contributed by atoms with Crippen LogP contribution in [0.15, 0.2) is 47.7 Å². The highest BCUT2D eigenvalue weighted by Crippen LogP contribution is 2.35. The SMILES string of the molecule is Cn1c(=O)n(C2CCC(=O)NC2=O)c2cccc(CCCOC3CCN(CC4CCC(n5cc(CC(=O)c6cnn7ccc(N8CC(O)C8)nc67)c(C(F)F)n5)CC4)CC3)c21. The molecule has 7 heterocycles. The number of hydrogen-bond donors (Lipinski definition) is 2. The molecule has 18 heteroatoms. The number of fused-ring (bicyclic) bond motifs is 2. The molecule has 5 aromatic rings. The summed E-state index contributed by atoms with van der Waals surface area (Å²) in [7, 11) is 1.72. The molecule has 16 nitrogen and oxygen atoms in total. The van der Waals surface area contributed by atoms with Crippen molar-refractivity contribution in [1.29, 1.82) is 0 Å². The zero-order valence-corrected chi connectivity index (χ0v) is 34.3. The van der Waals surface area contributed by atoms with E-state index in [1.54, 1.807) is 34.8 Å². The first-order valence-corrected chi connectivity index (χ1v) is 21.5. The van der Waals surface area contributed by atoms with Crippen LogP contribution in [0.2, 0.25) is 0 Å². The van der Waals surface area contributed by atoms with Crippen LogP contribution in [-0.2, 0) is 34.2 Å². The van der Waals surface area contributed by atoms with Crippen molar-refractivity contribution in [3.63, 3.8) is 0 Å². The number of ketones is 1. The summed E-state index contributed by atoms with van der Waals surface area (Å²) in [5, 5.41) is 20.6. The number of benzene rings is 1. The number of aromatic nitrogens is 7. The molecule has 4 aliphatic rings. The van der Waals surface area contributed by atoms with Gasteiger partial charge >= 0.3 is 5.69 Å². The lowest BCUT2D eigenvalue weighted by molar-refractivity contribution is -0.135. The third-order valence-corrected chi connectivity index (χ3v) is 13.1. The summed E-state index contributed by atoms with van der Waals surface area (Å²) < 4.78 is 41.1. The molecule has 1 aliphatic carbocycles. The molecule has 2 N–H and O–H groups in total. The maximum absolute atomic E-state index is 14.2. The maximum Gasteiger partial charge on any atom is 0.329 e. The third-order valence-electron chi connectivity index (χ3n) is 13.1. The summed E-state index contributed by atoms with van der Waals surface area (Å²) in [6.07, 6.45) is 9.01. The zero-order chi connectivity index (χ0) is 42.4. The third kappa shape index (κ3) is 8.36. The Morgan fingerprint density at radius 1 is 1.02 bits per heavy atom. The standard InChI is InChI=1S/C43H52F2N10O6/c1-50-39-27(4-2-6-33(39)55(43(50)60)34-11-12-37(58)48-42(34)59)5-3-19-61-31-13-16-51(17-14-31)22-26-7-9-29(10-8-26)54-23-28(38(49-54)40(44)45)20-35(57)32-21-46-53-18-15-36(47-41(32)53)52-24-30(56)25-52/h2,4,6,15,18,21,23,26,29-31,34,40,56H,3,5,7-14,16-17,19-20,22,24-25H2,1H3,(H,48,58,59). The number of piperidine rings is 2. The smallest absolute Gasteiger partial charge is 0.329 e. The molecule has 4 fully saturated rings. The van der Waals surface area contributed by atoms with Crippen molar-refractivity contribution in [3.05, 3.63) is 75.7 Å². The Kier molecular flexibility index (Phi) is 11.6. The number of hydrogen-bond acceptors (Lipinski definition) is 11. The van der Waals surface area contributed by atoms with Gasteiger partial charge in [0, 0.05) is 77.2 Å². The number of ether oxygens (including phenoxy) is 1. The fraction of sp³-hybridized carbons (Fsp3) is 0.558. The Morgan fingerprint density at radius 3 is 2.54 bits per heavy atom. The van der Waals surface area contributed by atoms with Crippen molar-refractivity contribution in [1.82, 2.24) is 43.7 Å². The average Bonchev–Trinajstić information content (AvgIpc) is 3.93. The first-order chi connectivity index (χ1) is 29.5. The van der Waals surface area contributed by atoms with Crippen LogP contribution in [0.1, 0.15) is 103 Å². The molecule has 9 rings (SSSR count). The van der Waals surface area contributed by atoms with E-state index >= 15 is 0 Å². The molecule has 2 amide bonds. The molecule has 1 unspecified atom stereocenters. The van der Waals surface area contributed by atoms with E-state index in [2.05, 4.69) is 25.4 Å². The van der Waals surface area contributed by atoms with E-state index < -0.39 is 24.5 Å². The second kappa shape index (κ2) is 17.2. The van der Waals surface area contributed by atoms with Gasteiger partial charge < -0.3 is 19.6 Å². The molecule has 0 bridgehead atoms. The average molecular weight is 843 g/mol. The first-order valence-electron chi connectivity index (χ1n) is 21.5. The minimum atomic E-state index is -2.81. The van der Waals surface area contributed by atoms with Gasteiger partial charge in [-0.15, -0.1) is 0 Å². The van der Waals surface area contributed by atoms with E-state index in [1.165, 1.54) is 15.3 Å². The molecule has 0 radical (unpaired) electrons. The Balaban J connectivity index is 0.727. The molecular formula is C43H52F2N10O6. The second-order valence-corrected chi connectivity index (χ2v) is 17.2. The van der Waals surface area contributed by atoms with E-state index in [-0.39, 0.29) is 59.2 Å². The van der Waals surface area contributed by atoms with E-state index in [0.29, 0.717) is 49.0 Å². The monoisotopic (exact) mass is 842 g/mol. The number of imidazole rings is 1. The van der Waals surface area contributed by atoms with Crippen LogP contribution in [0.5, 0.6) is 0 Å². The molecule has 324 valence electrons. The molecular weight excluding hydrogens is 791 g/mol. The predicted octanol–water partition coefficient (Wildman–Crippen LogP) is 3.95. The number of rotatable bonds is 14. The molecule has 3 aliphatic heterocycles. The van der Waals surface area contributed by atoms with E-state index in [1.807, 2.05) is 23.1 Å². The van der Waals surface area contributed by atoms with Crippen LogP contribution < -0.4 is 15.9 Å². The van der Waals surface area contributed by atoms with Crippen LogP contribution >= 0.6 is 0 Å². The number of aryl methyl sites for hydroxylation is 2. The van der Waals surface area contributed by atoms with Gasteiger partial charge in [-0.2, -0.15) is 10.2 Å². The number of halogens is 2. The largest absolute Gasteiger partial charge is 0.389 e. The van der Waals surface area contributed by atoms with Crippen LogP contribution in [0, 0.1) is 5.92 Å². The lowest BCUT2D eigenvalue weighted by Gasteiger charge is -2.36. The number of alkyl halides is 2. The van der Waals surface area contributed by atoms with Gasteiger partial charge in [0.25, 0.3) is 6.43 Å². The maximum atomic E-state index is 14.2. The summed E-state index contributed by atoms with van der Waals surface area (Å²) in [5.41, 5.74) is 2.72. The number of imide groups is 1. The van der Waals surface area contributed by atoms with Crippen molar-refractivity contribution in [2.45, 2.75) is 101 Å². The van der Waals surface area contributed by atoms with Crippen molar-refractivity contribution in [2.24, 2.45) is 13.0 Å². The fourth-order valence-electron chi connectivity index (χ4n) is 9.77. The topological polar surface area (TPSA) is 174 Å². The highest BCUT2D eigenvalue weighted by atomic mass is 19.3. The summed E-state index contributed by atoms with van der Waals surface area (Å²) in [6.45, 7) is 4.43. The van der Waals surface area contributed by atoms with Gasteiger partial charge in [-0.05, 0) is 81.4 Å². The van der Waals surface area contributed by atoms with Crippen LogP contribution in [-0.4, -0.2) is 113 Å². The van der Waals surface area contributed by atoms with E-state index in [4.69, 9.17) is 4.74 Å². The number of likely N-dealkylation sites (tertiary alicyclic amines) is 1. The lowest BCUT2D eigenvalue weighted by Crippen LogP contribution is -2.51. The quantitative estimate of drug-likeness (QED) is 0.0942. The second-order valence-electron chi connectivity index (χ2n) is 17.2. The fourth-order valence-corrected chi connectivity index (χ4v) is 9.77. The van der Waals surface area contributed by atoms with Gasteiger partial charge in [-0.3, -0.25) is 33.5 Å².